The van der Waals surface area contributed by atoms with Gasteiger partial charge in [-0.05, 0) is 18.2 Å². The molecule has 1 atom stereocenters. The summed E-state index contributed by atoms with van der Waals surface area (Å²) in [4.78, 5) is 13.3. The van der Waals surface area contributed by atoms with Crippen LogP contribution >= 0.6 is 0 Å². The molecule has 0 saturated carbocycles. The molecule has 0 aliphatic carbocycles. The number of hydrogen-bond acceptors (Lipinski definition) is 4. The van der Waals surface area contributed by atoms with Crippen molar-refractivity contribution in [2.24, 2.45) is 0 Å². The maximum Gasteiger partial charge on any atom is 0.338 e. The number of ether oxygens (including phenoxy) is 1. The van der Waals surface area contributed by atoms with Crippen LogP contribution < -0.4 is 0 Å². The summed E-state index contributed by atoms with van der Waals surface area (Å²) in [7, 11) is -1.33. The second-order valence-electron chi connectivity index (χ2n) is 4.45. The Morgan fingerprint density at radius 1 is 1.40 bits per heavy atom. The summed E-state index contributed by atoms with van der Waals surface area (Å²) in [5.74, 6) is -1.77. The van der Waals surface area contributed by atoms with Crippen LogP contribution in [0.3, 0.4) is 0 Å². The van der Waals surface area contributed by atoms with Crippen LogP contribution in [-0.4, -0.2) is 58.8 Å². The summed E-state index contributed by atoms with van der Waals surface area (Å²) >= 11 is 0. The lowest BCUT2D eigenvalue weighted by Crippen LogP contribution is -2.38. The number of aromatic carboxylic acids is 1. The third-order valence-corrected chi connectivity index (χ3v) is 4.46. The van der Waals surface area contributed by atoms with Crippen molar-refractivity contribution in [3.05, 3.63) is 29.6 Å². The number of nitrogens with zero attached hydrogens (tertiary/aromatic N) is 1. The van der Waals surface area contributed by atoms with Gasteiger partial charge in [0.1, 0.15) is 5.82 Å². The summed E-state index contributed by atoms with van der Waals surface area (Å²) in [6, 6.07) is 3.57. The van der Waals surface area contributed by atoms with Crippen LogP contribution in [0.15, 0.2) is 23.1 Å². The minimum atomic E-state index is -1.35. The molecule has 20 heavy (non-hydrogen) atoms. The average molecular weight is 301 g/mol. The Labute approximate surface area is 118 Å². The van der Waals surface area contributed by atoms with E-state index in [2.05, 4.69) is 4.90 Å². The topological polar surface area (TPSA) is 66.8 Å². The highest BCUT2D eigenvalue weighted by molar-refractivity contribution is 7.85. The minimum absolute atomic E-state index is 0.344. The first-order valence-corrected chi connectivity index (χ1v) is 7.61. The molecule has 0 spiro atoms. The van der Waals surface area contributed by atoms with Crippen LogP contribution in [0.1, 0.15) is 10.4 Å². The zero-order valence-electron chi connectivity index (χ0n) is 10.9. The van der Waals surface area contributed by atoms with E-state index in [1.807, 2.05) is 0 Å². The van der Waals surface area contributed by atoms with Crippen LogP contribution in [0, 0.1) is 5.82 Å². The third-order valence-electron chi connectivity index (χ3n) is 3.13. The minimum Gasteiger partial charge on any atom is -0.478 e. The molecule has 0 radical (unpaired) electrons. The van der Waals surface area contributed by atoms with E-state index in [9.17, 15) is 13.4 Å². The Morgan fingerprint density at radius 2 is 2.10 bits per heavy atom. The molecule has 5 nitrogen and oxygen atoms in total. The number of halogens is 1. The number of carboxylic acid groups (broad SMARTS) is 1. The summed E-state index contributed by atoms with van der Waals surface area (Å²) in [5, 5.41) is 8.84. The molecule has 0 aromatic heterocycles. The second kappa shape index (κ2) is 6.92. The summed E-state index contributed by atoms with van der Waals surface area (Å²) < 4.78 is 30.6. The molecular weight excluding hydrogens is 285 g/mol. The summed E-state index contributed by atoms with van der Waals surface area (Å²) in [6.07, 6.45) is 0. The van der Waals surface area contributed by atoms with Gasteiger partial charge in [-0.25, -0.2) is 9.18 Å². The molecule has 1 aromatic carbocycles. The standard InChI is InChI=1S/C13H16FNO4S/c14-12-2-1-10(9-11(12)13(16)17)20(18)8-5-15-3-6-19-7-4-15/h1-2,9H,3-8H2,(H,16,17). The first kappa shape index (κ1) is 15.1. The van der Waals surface area contributed by atoms with Gasteiger partial charge in [-0.1, -0.05) is 0 Å². The lowest BCUT2D eigenvalue weighted by Gasteiger charge is -2.26. The predicted octanol–water partition coefficient (Wildman–Crippen LogP) is 0.964. The van der Waals surface area contributed by atoms with Gasteiger partial charge >= 0.3 is 5.97 Å². The van der Waals surface area contributed by atoms with Gasteiger partial charge in [0.15, 0.2) is 0 Å². The molecule has 2 rings (SSSR count). The summed E-state index contributed by atoms with van der Waals surface area (Å²) in [5.41, 5.74) is -0.442. The van der Waals surface area contributed by atoms with E-state index in [-0.39, 0.29) is 0 Å². The Bertz CT molecular complexity index is 517. The first-order valence-electron chi connectivity index (χ1n) is 6.29. The number of carboxylic acids is 1. The van der Waals surface area contributed by atoms with E-state index in [1.165, 1.54) is 6.07 Å². The lowest BCUT2D eigenvalue weighted by atomic mass is 10.2. The van der Waals surface area contributed by atoms with Crippen LogP contribution in [-0.2, 0) is 15.5 Å². The molecule has 1 aliphatic heterocycles. The van der Waals surface area contributed by atoms with Gasteiger partial charge in [-0.2, -0.15) is 0 Å². The number of benzene rings is 1. The monoisotopic (exact) mass is 301 g/mol. The fourth-order valence-corrected chi connectivity index (χ4v) is 3.09. The molecule has 110 valence electrons. The highest BCUT2D eigenvalue weighted by atomic mass is 32.2. The highest BCUT2D eigenvalue weighted by Gasteiger charge is 2.15. The molecule has 7 heteroatoms. The Balaban J connectivity index is 1.98. The maximum absolute atomic E-state index is 13.3. The van der Waals surface area contributed by atoms with Gasteiger partial charge < -0.3 is 9.84 Å². The molecule has 1 N–H and O–H groups in total. The van der Waals surface area contributed by atoms with Crippen LogP contribution in [0.4, 0.5) is 4.39 Å². The number of hydrogen-bond donors (Lipinski definition) is 1. The molecule has 1 unspecified atom stereocenters. The van der Waals surface area contributed by atoms with Crippen molar-refractivity contribution in [3.8, 4) is 0 Å². The van der Waals surface area contributed by atoms with Crippen molar-refractivity contribution in [1.29, 1.82) is 0 Å². The highest BCUT2D eigenvalue weighted by Crippen LogP contribution is 2.14. The molecular formula is C13H16FNO4S. The van der Waals surface area contributed by atoms with E-state index in [0.29, 0.717) is 30.4 Å². The Hall–Kier alpha value is -1.31. The van der Waals surface area contributed by atoms with Gasteiger partial charge in [0.25, 0.3) is 0 Å². The maximum atomic E-state index is 13.3. The molecule has 0 bridgehead atoms. The second-order valence-corrected chi connectivity index (χ2v) is 6.02. The van der Waals surface area contributed by atoms with Gasteiger partial charge in [-0.15, -0.1) is 0 Å². The molecule has 1 heterocycles. The Kier molecular flexibility index (Phi) is 5.22. The van der Waals surface area contributed by atoms with E-state index in [4.69, 9.17) is 9.84 Å². The Morgan fingerprint density at radius 3 is 2.75 bits per heavy atom. The van der Waals surface area contributed by atoms with E-state index in [0.717, 1.165) is 25.2 Å². The average Bonchev–Trinajstić information content (AvgIpc) is 2.46. The van der Waals surface area contributed by atoms with Gasteiger partial charge in [0.05, 0.1) is 29.6 Å². The molecule has 0 amide bonds. The number of morpholine rings is 1. The van der Waals surface area contributed by atoms with Crippen LogP contribution in [0.25, 0.3) is 0 Å². The van der Waals surface area contributed by atoms with Crippen molar-refractivity contribution < 1.29 is 23.2 Å². The van der Waals surface area contributed by atoms with Crippen molar-refractivity contribution in [2.45, 2.75) is 4.90 Å². The normalized spacial score (nSPS) is 17.9. The summed E-state index contributed by atoms with van der Waals surface area (Å²) in [6.45, 7) is 3.61. The smallest absolute Gasteiger partial charge is 0.338 e. The van der Waals surface area contributed by atoms with E-state index >= 15 is 0 Å². The zero-order valence-corrected chi connectivity index (χ0v) is 11.7. The zero-order chi connectivity index (χ0) is 14.5. The molecule has 1 aliphatic rings. The molecule has 1 aromatic rings. The third kappa shape index (κ3) is 3.84. The van der Waals surface area contributed by atoms with Gasteiger partial charge in [0, 0.05) is 30.3 Å². The van der Waals surface area contributed by atoms with Gasteiger partial charge in [-0.3, -0.25) is 9.11 Å². The van der Waals surface area contributed by atoms with Crippen LogP contribution in [0.2, 0.25) is 0 Å². The van der Waals surface area contributed by atoms with Crippen molar-refractivity contribution in [3.63, 3.8) is 0 Å². The largest absolute Gasteiger partial charge is 0.478 e. The van der Waals surface area contributed by atoms with Crippen molar-refractivity contribution >= 4 is 16.8 Å². The van der Waals surface area contributed by atoms with Crippen molar-refractivity contribution in [1.82, 2.24) is 4.90 Å². The predicted molar refractivity (Wildman–Crippen MR) is 71.9 cm³/mol. The van der Waals surface area contributed by atoms with Crippen molar-refractivity contribution in [2.75, 3.05) is 38.6 Å². The van der Waals surface area contributed by atoms with Gasteiger partial charge in [0.2, 0.25) is 0 Å². The molecule has 1 saturated heterocycles. The number of carbonyl (C=O) groups is 1. The van der Waals surface area contributed by atoms with Crippen LogP contribution in [0.5, 0.6) is 0 Å². The fraction of sp³-hybridized carbons (Fsp3) is 0.462. The first-order chi connectivity index (χ1) is 9.58. The van der Waals surface area contributed by atoms with E-state index in [1.54, 1.807) is 0 Å². The quantitative estimate of drug-likeness (QED) is 0.877. The van der Waals surface area contributed by atoms with E-state index < -0.39 is 28.1 Å². The number of rotatable bonds is 5. The fourth-order valence-electron chi connectivity index (χ4n) is 1.96. The molecule has 1 fully saturated rings. The SMILES string of the molecule is O=C(O)c1cc(S(=O)CCN2CCOCC2)ccc1F. The lowest BCUT2D eigenvalue weighted by molar-refractivity contribution is 0.0409.